The second kappa shape index (κ2) is 12.5. The van der Waals surface area contributed by atoms with Crippen molar-refractivity contribution in [2.24, 2.45) is 0 Å². The van der Waals surface area contributed by atoms with Gasteiger partial charge in [0.25, 0.3) is 0 Å². The third kappa shape index (κ3) is 11.6. The molecule has 10 heavy (non-hydrogen) atoms. The Balaban J connectivity index is 0. The van der Waals surface area contributed by atoms with Crippen LogP contribution in [0.5, 0.6) is 0 Å². The molecule has 3 nitrogen and oxygen atoms in total. The van der Waals surface area contributed by atoms with Crippen LogP contribution in [0.15, 0.2) is 0 Å². The normalized spacial score (nSPS) is 16.2. The summed E-state index contributed by atoms with van der Waals surface area (Å²) in [6.45, 7) is 5.76. The molecule has 1 rings (SSSR count). The van der Waals surface area contributed by atoms with Crippen LogP contribution in [0.25, 0.3) is 0 Å². The summed E-state index contributed by atoms with van der Waals surface area (Å²) in [6.07, 6.45) is 0. The summed E-state index contributed by atoms with van der Waals surface area (Å²) in [7, 11) is 0. The van der Waals surface area contributed by atoms with Gasteiger partial charge in [-0.25, -0.2) is 0 Å². The van der Waals surface area contributed by atoms with Gasteiger partial charge in [0.2, 0.25) is 0 Å². The molecule has 0 saturated carbocycles. The van der Waals surface area contributed by atoms with Crippen molar-refractivity contribution in [3.63, 3.8) is 0 Å². The summed E-state index contributed by atoms with van der Waals surface area (Å²) in [5, 5.41) is 10.7. The van der Waals surface area contributed by atoms with Gasteiger partial charge in [-0.15, -0.1) is 0 Å². The monoisotopic (exact) mass is 157 g/mol. The van der Waals surface area contributed by atoms with E-state index in [1.807, 2.05) is 0 Å². The molecule has 1 heterocycles. The third-order valence-corrected chi connectivity index (χ3v) is 0.846. The van der Waals surface area contributed by atoms with Crippen molar-refractivity contribution in [2.75, 3.05) is 32.9 Å². The molecule has 4 heteroatoms. The number of aliphatic hydroxyl groups excluding tert-OH is 1. The average molecular weight is 157 g/mol. The molecular weight excluding hydrogens is 141 g/mol. The summed E-state index contributed by atoms with van der Waals surface area (Å²) < 4.78 is 5.01. The predicted molar refractivity (Wildman–Crippen MR) is 43.6 cm³/mol. The second-order valence-electron chi connectivity index (χ2n) is 1.68. The number of morpholine rings is 1. The molecule has 58 valence electrons. The number of ether oxygens (including phenoxy) is 1. The van der Waals surface area contributed by atoms with Crippen LogP contribution in [0.2, 0.25) is 0 Å². The molecule has 0 aliphatic carbocycles. The Hall–Kier alpha value is 0.880. The summed E-state index contributed by atoms with van der Waals surface area (Å²) in [5.41, 5.74) is 0. The molecule has 1 aliphatic heterocycles. The Morgan fingerprint density at radius 1 is 1.40 bits per heavy atom. The maximum absolute atomic E-state index is 7.57. The molecule has 0 atom stereocenters. The van der Waals surface area contributed by atoms with Crippen LogP contribution in [0.4, 0.5) is 0 Å². The van der Waals surface area contributed by atoms with Crippen molar-refractivity contribution in [1.29, 1.82) is 0 Å². The van der Waals surface area contributed by atoms with E-state index >= 15 is 0 Å². The molecule has 0 amide bonds. The Morgan fingerprint density at radius 2 is 1.80 bits per heavy atom. The Morgan fingerprint density at radius 3 is 1.90 bits per heavy atom. The van der Waals surface area contributed by atoms with Crippen LogP contribution < -0.4 is 5.32 Å². The van der Waals surface area contributed by atoms with Crippen LogP contribution >= 0.6 is 0 Å². The molecule has 1 aliphatic rings. The Labute approximate surface area is 84.4 Å². The summed E-state index contributed by atoms with van der Waals surface area (Å²) in [5.74, 6) is 0. The van der Waals surface area contributed by atoms with E-state index in [1.165, 1.54) is 0 Å². The van der Waals surface area contributed by atoms with Crippen molar-refractivity contribution in [1.82, 2.24) is 5.32 Å². The van der Waals surface area contributed by atoms with Gasteiger partial charge in [-0.05, 0) is 6.92 Å². The van der Waals surface area contributed by atoms with Gasteiger partial charge in [0.1, 0.15) is 0 Å². The van der Waals surface area contributed by atoms with Gasteiger partial charge in [-0.2, -0.15) is 0 Å². The van der Waals surface area contributed by atoms with E-state index in [4.69, 9.17) is 9.84 Å². The zero-order valence-corrected chi connectivity index (χ0v) is 5.89. The van der Waals surface area contributed by atoms with Crippen LogP contribution in [0.1, 0.15) is 6.92 Å². The van der Waals surface area contributed by atoms with Crippen molar-refractivity contribution in [3.05, 3.63) is 0 Å². The van der Waals surface area contributed by atoms with E-state index in [9.17, 15) is 0 Å². The van der Waals surface area contributed by atoms with E-state index in [-0.39, 0.29) is 36.2 Å². The fourth-order valence-corrected chi connectivity index (χ4v) is 0.516. The average Bonchev–Trinajstić information content (AvgIpc) is 1.93. The first-order chi connectivity index (χ1) is 4.41. The first kappa shape index (κ1) is 13.5. The second-order valence-corrected chi connectivity index (χ2v) is 1.68. The molecule has 1 fully saturated rings. The molecular formula is C6H16NNaO2. The summed E-state index contributed by atoms with van der Waals surface area (Å²) in [6, 6.07) is 0. The molecule has 0 aromatic carbocycles. The number of hydrogen-bond acceptors (Lipinski definition) is 3. The van der Waals surface area contributed by atoms with E-state index in [0.717, 1.165) is 26.3 Å². The van der Waals surface area contributed by atoms with Crippen LogP contribution in [-0.4, -0.2) is 67.6 Å². The van der Waals surface area contributed by atoms with Crippen molar-refractivity contribution in [2.45, 2.75) is 6.92 Å². The molecule has 0 bridgehead atoms. The fourth-order valence-electron chi connectivity index (χ4n) is 0.516. The first-order valence-electron chi connectivity index (χ1n) is 3.31. The Kier molecular flexibility index (Phi) is 16.9. The van der Waals surface area contributed by atoms with Gasteiger partial charge in [0, 0.05) is 19.7 Å². The zero-order chi connectivity index (χ0) is 6.95. The standard InChI is InChI=1S/C4H9NO.C2H6O.Na.H/c1-3-6-4-2-5-1;1-2-3;;/h5H,1-4H2;3H,2H2,1H3;;. The van der Waals surface area contributed by atoms with Crippen molar-refractivity contribution >= 4 is 29.6 Å². The molecule has 0 aromatic heterocycles. The minimum atomic E-state index is 0. The fraction of sp³-hybridized carbons (Fsp3) is 1.00. The number of nitrogens with one attached hydrogen (secondary N) is 1. The molecule has 0 radical (unpaired) electrons. The molecule has 2 N–H and O–H groups in total. The van der Waals surface area contributed by atoms with Gasteiger partial charge in [0.15, 0.2) is 0 Å². The van der Waals surface area contributed by atoms with Gasteiger partial charge >= 0.3 is 29.6 Å². The zero-order valence-electron chi connectivity index (χ0n) is 5.89. The van der Waals surface area contributed by atoms with E-state index in [1.54, 1.807) is 6.92 Å². The molecule has 0 unspecified atom stereocenters. The molecule has 0 spiro atoms. The van der Waals surface area contributed by atoms with Crippen molar-refractivity contribution < 1.29 is 9.84 Å². The number of hydrogen-bond donors (Lipinski definition) is 2. The SMILES string of the molecule is C1COCCN1.CCO.[NaH]. The van der Waals surface area contributed by atoms with Gasteiger partial charge in [-0.1, -0.05) is 0 Å². The summed E-state index contributed by atoms with van der Waals surface area (Å²) >= 11 is 0. The van der Waals surface area contributed by atoms with E-state index in [0.29, 0.717) is 0 Å². The quantitative estimate of drug-likeness (QED) is 0.441. The molecule has 0 aromatic rings. The summed E-state index contributed by atoms with van der Waals surface area (Å²) in [4.78, 5) is 0. The van der Waals surface area contributed by atoms with Gasteiger partial charge in [-0.3, -0.25) is 0 Å². The third-order valence-electron chi connectivity index (χ3n) is 0.846. The van der Waals surface area contributed by atoms with Gasteiger partial charge in [0.05, 0.1) is 13.2 Å². The van der Waals surface area contributed by atoms with E-state index in [2.05, 4.69) is 5.32 Å². The number of aliphatic hydroxyl groups is 1. The predicted octanol–water partition coefficient (Wildman–Crippen LogP) is -1.04. The number of rotatable bonds is 0. The van der Waals surface area contributed by atoms with Gasteiger partial charge < -0.3 is 15.2 Å². The van der Waals surface area contributed by atoms with E-state index < -0.39 is 0 Å². The van der Waals surface area contributed by atoms with Crippen LogP contribution in [-0.2, 0) is 4.74 Å². The van der Waals surface area contributed by atoms with Crippen LogP contribution in [0, 0.1) is 0 Å². The van der Waals surface area contributed by atoms with Crippen molar-refractivity contribution in [3.8, 4) is 0 Å². The topological polar surface area (TPSA) is 41.5 Å². The minimum absolute atomic E-state index is 0. The first-order valence-corrected chi connectivity index (χ1v) is 3.31. The molecule has 1 saturated heterocycles. The Bertz CT molecular complexity index is 39.5. The van der Waals surface area contributed by atoms with Crippen LogP contribution in [0.3, 0.4) is 0 Å². The maximum atomic E-state index is 7.57.